The van der Waals surface area contributed by atoms with Crippen LogP contribution in [0.1, 0.15) is 41.5 Å². The van der Waals surface area contributed by atoms with Crippen LogP contribution in [0.15, 0.2) is 78.5 Å². The van der Waals surface area contributed by atoms with Crippen LogP contribution < -0.4 is 10.4 Å². The van der Waals surface area contributed by atoms with Gasteiger partial charge < -0.3 is 4.43 Å². The minimum absolute atomic E-state index is 0.00240. The van der Waals surface area contributed by atoms with E-state index in [2.05, 4.69) is 115 Å². The SMILES string of the molecule is C=C=C(C)C(C)(C)CO[Si](c1ccccc1)(c1ccccc1)C(C)(C)C. The second-order valence-electron chi connectivity index (χ2n) is 8.64. The predicted octanol–water partition coefficient (Wildman–Crippen LogP) is 5.32. The Kier molecular flexibility index (Phi) is 6.13. The highest BCUT2D eigenvalue weighted by Crippen LogP contribution is 2.38. The molecular weight excluding hydrogens is 332 g/mol. The van der Waals surface area contributed by atoms with Crippen LogP contribution in [0.5, 0.6) is 0 Å². The van der Waals surface area contributed by atoms with E-state index in [1.165, 1.54) is 10.4 Å². The Morgan fingerprint density at radius 2 is 1.31 bits per heavy atom. The number of rotatable bonds is 6. The Morgan fingerprint density at radius 1 is 0.885 bits per heavy atom. The van der Waals surface area contributed by atoms with E-state index in [-0.39, 0.29) is 10.5 Å². The first-order valence-corrected chi connectivity index (χ1v) is 11.2. The van der Waals surface area contributed by atoms with Crippen molar-refractivity contribution in [2.45, 2.75) is 46.6 Å². The molecule has 0 N–H and O–H groups in total. The van der Waals surface area contributed by atoms with Crippen LogP contribution in [0.25, 0.3) is 0 Å². The lowest BCUT2D eigenvalue weighted by Crippen LogP contribution is -2.67. The summed E-state index contributed by atoms with van der Waals surface area (Å²) in [6.45, 7) is 17.9. The Balaban J connectivity index is 2.63. The molecule has 2 heteroatoms. The van der Waals surface area contributed by atoms with Gasteiger partial charge in [-0.3, -0.25) is 0 Å². The minimum Gasteiger partial charge on any atom is -0.407 e. The first-order valence-electron chi connectivity index (χ1n) is 9.27. The van der Waals surface area contributed by atoms with Crippen molar-refractivity contribution < 1.29 is 4.43 Å². The lowest BCUT2D eigenvalue weighted by molar-refractivity contribution is 0.200. The fraction of sp³-hybridized carbons (Fsp3) is 0.375. The third-order valence-electron chi connectivity index (χ3n) is 5.35. The molecule has 2 aromatic rings. The molecule has 0 radical (unpaired) electrons. The molecule has 0 unspecified atom stereocenters. The highest BCUT2D eigenvalue weighted by molar-refractivity contribution is 6.99. The molecule has 0 heterocycles. The van der Waals surface area contributed by atoms with Crippen molar-refractivity contribution in [3.63, 3.8) is 0 Å². The van der Waals surface area contributed by atoms with Crippen LogP contribution in [-0.4, -0.2) is 14.9 Å². The van der Waals surface area contributed by atoms with Gasteiger partial charge in [0.2, 0.25) is 0 Å². The summed E-state index contributed by atoms with van der Waals surface area (Å²) in [6, 6.07) is 21.5. The van der Waals surface area contributed by atoms with Gasteiger partial charge in [-0.15, -0.1) is 5.73 Å². The van der Waals surface area contributed by atoms with Gasteiger partial charge in [0.25, 0.3) is 8.32 Å². The summed E-state index contributed by atoms with van der Waals surface area (Å²) in [5, 5.41) is 2.63. The first-order chi connectivity index (χ1) is 12.1. The van der Waals surface area contributed by atoms with Gasteiger partial charge in [-0.1, -0.05) is 102 Å². The maximum absolute atomic E-state index is 7.00. The molecule has 2 rings (SSSR count). The van der Waals surface area contributed by atoms with E-state index >= 15 is 0 Å². The Hall–Kier alpha value is -1.86. The third-order valence-corrected chi connectivity index (χ3v) is 10.3. The van der Waals surface area contributed by atoms with E-state index in [4.69, 9.17) is 4.43 Å². The zero-order chi connectivity index (χ0) is 19.4. The molecule has 0 aliphatic carbocycles. The van der Waals surface area contributed by atoms with Gasteiger partial charge in [-0.25, -0.2) is 0 Å². The smallest absolute Gasteiger partial charge is 0.261 e. The molecule has 0 atom stereocenters. The summed E-state index contributed by atoms with van der Waals surface area (Å²) in [7, 11) is -2.48. The number of hydrogen-bond donors (Lipinski definition) is 0. The second kappa shape index (κ2) is 7.80. The fourth-order valence-corrected chi connectivity index (χ4v) is 8.13. The van der Waals surface area contributed by atoms with Gasteiger partial charge >= 0.3 is 0 Å². The maximum Gasteiger partial charge on any atom is 0.261 e. The van der Waals surface area contributed by atoms with Crippen molar-refractivity contribution in [3.05, 3.63) is 78.5 Å². The summed E-state index contributed by atoms with van der Waals surface area (Å²) in [4.78, 5) is 0. The van der Waals surface area contributed by atoms with E-state index in [1.807, 2.05) is 0 Å². The van der Waals surface area contributed by atoms with Gasteiger partial charge in [-0.2, -0.15) is 0 Å². The molecule has 0 aliphatic rings. The van der Waals surface area contributed by atoms with Gasteiger partial charge in [0, 0.05) is 12.0 Å². The Labute approximate surface area is 160 Å². The third kappa shape index (κ3) is 3.93. The van der Waals surface area contributed by atoms with E-state index in [9.17, 15) is 0 Å². The van der Waals surface area contributed by atoms with E-state index in [1.54, 1.807) is 0 Å². The molecule has 1 nitrogen and oxygen atoms in total. The molecule has 0 aromatic heterocycles. The summed E-state index contributed by atoms with van der Waals surface area (Å²) >= 11 is 0. The van der Waals surface area contributed by atoms with E-state index in [0.29, 0.717) is 6.61 Å². The van der Waals surface area contributed by atoms with Crippen molar-refractivity contribution in [3.8, 4) is 0 Å². The van der Waals surface area contributed by atoms with Gasteiger partial charge in [0.05, 0.1) is 0 Å². The highest BCUT2D eigenvalue weighted by atomic mass is 28.4. The molecule has 2 aromatic carbocycles. The maximum atomic E-state index is 7.00. The fourth-order valence-electron chi connectivity index (χ4n) is 3.40. The molecule has 0 saturated carbocycles. The van der Waals surface area contributed by atoms with Gasteiger partial charge in [0.1, 0.15) is 0 Å². The van der Waals surface area contributed by atoms with Crippen molar-refractivity contribution in [2.75, 3.05) is 6.61 Å². The zero-order valence-corrected chi connectivity index (χ0v) is 18.1. The van der Waals surface area contributed by atoms with Crippen molar-refractivity contribution >= 4 is 18.7 Å². The monoisotopic (exact) mass is 364 g/mol. The molecule has 0 spiro atoms. The van der Waals surface area contributed by atoms with Gasteiger partial charge in [-0.05, 0) is 27.9 Å². The predicted molar refractivity (Wildman–Crippen MR) is 116 cm³/mol. The van der Waals surface area contributed by atoms with Crippen LogP contribution >= 0.6 is 0 Å². The van der Waals surface area contributed by atoms with Crippen LogP contribution in [-0.2, 0) is 4.43 Å². The molecule has 138 valence electrons. The average molecular weight is 365 g/mol. The van der Waals surface area contributed by atoms with Crippen LogP contribution in [0.3, 0.4) is 0 Å². The normalized spacial score (nSPS) is 12.5. The van der Waals surface area contributed by atoms with Crippen molar-refractivity contribution in [2.24, 2.45) is 5.41 Å². The van der Waals surface area contributed by atoms with Crippen LogP contribution in [0.2, 0.25) is 5.04 Å². The van der Waals surface area contributed by atoms with Crippen molar-refractivity contribution in [1.29, 1.82) is 0 Å². The summed E-state index contributed by atoms with van der Waals surface area (Å²) in [6.07, 6.45) is 0. The first kappa shape index (κ1) is 20.4. The molecule has 26 heavy (non-hydrogen) atoms. The summed E-state index contributed by atoms with van der Waals surface area (Å²) in [5.74, 6) is 0. The van der Waals surface area contributed by atoms with Crippen LogP contribution in [0.4, 0.5) is 0 Å². The van der Waals surface area contributed by atoms with E-state index < -0.39 is 8.32 Å². The Morgan fingerprint density at radius 3 is 1.65 bits per heavy atom. The quantitative estimate of drug-likeness (QED) is 0.498. The molecule has 0 bridgehead atoms. The molecule has 0 aliphatic heterocycles. The molecule has 0 fully saturated rings. The molecule has 0 saturated heterocycles. The standard InChI is InChI=1S/C24H32OSi/c1-8-20(2)24(6,7)19-25-26(23(3,4)5,21-15-11-9-12-16-21)22-17-13-10-14-18-22/h9-18H,1,19H2,2-7H3. The average Bonchev–Trinajstić information content (AvgIpc) is 2.62. The summed E-state index contributed by atoms with van der Waals surface area (Å²) in [5.41, 5.74) is 4.09. The Bertz CT molecular complexity index is 723. The summed E-state index contributed by atoms with van der Waals surface area (Å²) < 4.78 is 7.00. The lowest BCUT2D eigenvalue weighted by atomic mass is 9.87. The highest BCUT2D eigenvalue weighted by Gasteiger charge is 2.50. The van der Waals surface area contributed by atoms with Crippen molar-refractivity contribution in [1.82, 2.24) is 0 Å². The number of benzene rings is 2. The lowest BCUT2D eigenvalue weighted by Gasteiger charge is -2.44. The van der Waals surface area contributed by atoms with Gasteiger partial charge in [0.15, 0.2) is 0 Å². The minimum atomic E-state index is -2.48. The molecule has 0 amide bonds. The number of hydrogen-bond acceptors (Lipinski definition) is 1. The largest absolute Gasteiger partial charge is 0.407 e. The molecular formula is C24H32OSi. The second-order valence-corrected chi connectivity index (χ2v) is 12.9. The zero-order valence-electron chi connectivity index (χ0n) is 17.1. The topological polar surface area (TPSA) is 9.23 Å². The van der Waals surface area contributed by atoms with E-state index in [0.717, 1.165) is 5.57 Å². The van der Waals surface area contributed by atoms with Crippen LogP contribution in [0, 0.1) is 5.41 Å².